The van der Waals surface area contributed by atoms with E-state index in [9.17, 15) is 13.5 Å². The Labute approximate surface area is 120 Å². The molecule has 112 valence electrons. The second kappa shape index (κ2) is 4.72. The summed E-state index contributed by atoms with van der Waals surface area (Å²) in [6, 6.07) is 5.59. The van der Waals surface area contributed by atoms with E-state index >= 15 is 0 Å². The zero-order chi connectivity index (χ0) is 15.2. The fourth-order valence-corrected chi connectivity index (χ4v) is 4.39. The van der Waals surface area contributed by atoms with E-state index in [-0.39, 0.29) is 10.6 Å². The Morgan fingerprint density at radius 1 is 1.05 bits per heavy atom. The molecular formula is C14H21NO4S. The minimum atomic E-state index is -3.58. The van der Waals surface area contributed by atoms with Crippen molar-refractivity contribution < 1.29 is 18.3 Å². The topological polar surface area (TPSA) is 66.8 Å². The molecule has 1 heterocycles. The number of phenolic OH excluding ortho intramolecular Hbond substituents is 1. The molecule has 1 aromatic carbocycles. The van der Waals surface area contributed by atoms with Crippen LogP contribution >= 0.6 is 0 Å². The Hall–Kier alpha value is -1.11. The number of morpholine rings is 1. The molecule has 0 radical (unpaired) electrons. The van der Waals surface area contributed by atoms with Crippen molar-refractivity contribution in [2.45, 2.75) is 43.8 Å². The van der Waals surface area contributed by atoms with Crippen molar-refractivity contribution in [2.75, 3.05) is 13.1 Å². The van der Waals surface area contributed by atoms with Gasteiger partial charge in [-0.1, -0.05) is 0 Å². The molecule has 1 fully saturated rings. The Bertz CT molecular complexity index is 574. The van der Waals surface area contributed by atoms with Crippen LogP contribution in [0.2, 0.25) is 0 Å². The van der Waals surface area contributed by atoms with Crippen LogP contribution in [-0.2, 0) is 14.8 Å². The summed E-state index contributed by atoms with van der Waals surface area (Å²) < 4.78 is 32.7. The van der Waals surface area contributed by atoms with E-state index in [2.05, 4.69) is 0 Å². The monoisotopic (exact) mass is 299 g/mol. The summed E-state index contributed by atoms with van der Waals surface area (Å²) in [7, 11) is -3.58. The largest absolute Gasteiger partial charge is 0.508 e. The van der Waals surface area contributed by atoms with Crippen LogP contribution in [0.3, 0.4) is 0 Å². The molecule has 1 aliphatic rings. The SMILES string of the molecule is CC1(C)CN(S(=O)(=O)c2ccc(O)cc2)CC(C)(C)O1. The van der Waals surface area contributed by atoms with E-state index in [0.717, 1.165) is 0 Å². The van der Waals surface area contributed by atoms with Gasteiger partial charge in [0, 0.05) is 13.1 Å². The highest BCUT2D eigenvalue weighted by molar-refractivity contribution is 7.89. The lowest BCUT2D eigenvalue weighted by molar-refractivity contribution is -0.163. The van der Waals surface area contributed by atoms with Gasteiger partial charge in [0.2, 0.25) is 10.0 Å². The van der Waals surface area contributed by atoms with Crippen LogP contribution in [0.5, 0.6) is 5.75 Å². The van der Waals surface area contributed by atoms with E-state index in [1.165, 1.54) is 28.6 Å². The lowest BCUT2D eigenvalue weighted by Crippen LogP contribution is -2.58. The average Bonchev–Trinajstić information content (AvgIpc) is 2.25. The summed E-state index contributed by atoms with van der Waals surface area (Å²) in [5.74, 6) is 0.0478. The summed E-state index contributed by atoms with van der Waals surface area (Å²) in [6.07, 6.45) is 0. The number of hydrogen-bond acceptors (Lipinski definition) is 4. The zero-order valence-corrected chi connectivity index (χ0v) is 13.1. The number of ether oxygens (including phenoxy) is 1. The predicted molar refractivity (Wildman–Crippen MR) is 76.1 cm³/mol. The number of sulfonamides is 1. The van der Waals surface area contributed by atoms with Gasteiger partial charge in [-0.15, -0.1) is 0 Å². The van der Waals surface area contributed by atoms with Crippen molar-refractivity contribution in [2.24, 2.45) is 0 Å². The van der Waals surface area contributed by atoms with Crippen LogP contribution in [0, 0.1) is 0 Å². The summed E-state index contributed by atoms with van der Waals surface area (Å²) in [5, 5.41) is 9.27. The molecule has 0 unspecified atom stereocenters. The third kappa shape index (κ3) is 3.13. The van der Waals surface area contributed by atoms with Crippen molar-refractivity contribution in [1.82, 2.24) is 4.31 Å². The van der Waals surface area contributed by atoms with Gasteiger partial charge in [0.1, 0.15) is 5.75 Å². The zero-order valence-electron chi connectivity index (χ0n) is 12.3. The first-order valence-corrected chi connectivity index (χ1v) is 7.95. The van der Waals surface area contributed by atoms with Gasteiger partial charge in [-0.25, -0.2) is 8.42 Å². The predicted octanol–water partition coefficient (Wildman–Crippen LogP) is 1.97. The van der Waals surface area contributed by atoms with Gasteiger partial charge in [-0.2, -0.15) is 4.31 Å². The van der Waals surface area contributed by atoms with E-state index in [1.807, 2.05) is 27.7 Å². The number of rotatable bonds is 2. The van der Waals surface area contributed by atoms with Crippen molar-refractivity contribution in [1.29, 1.82) is 0 Å². The smallest absolute Gasteiger partial charge is 0.243 e. The van der Waals surface area contributed by atoms with Crippen LogP contribution in [0.1, 0.15) is 27.7 Å². The van der Waals surface area contributed by atoms with Gasteiger partial charge in [0.15, 0.2) is 0 Å². The number of aromatic hydroxyl groups is 1. The summed E-state index contributed by atoms with van der Waals surface area (Å²) >= 11 is 0. The second-order valence-corrected chi connectivity index (χ2v) is 8.33. The maximum atomic E-state index is 12.7. The second-order valence-electron chi connectivity index (χ2n) is 6.39. The first-order chi connectivity index (χ1) is 9.02. The molecule has 2 rings (SSSR count). The van der Waals surface area contributed by atoms with Gasteiger partial charge in [-0.3, -0.25) is 0 Å². The Balaban J connectivity index is 2.36. The Kier molecular flexibility index (Phi) is 3.60. The molecule has 1 saturated heterocycles. The minimum Gasteiger partial charge on any atom is -0.508 e. The van der Waals surface area contributed by atoms with Gasteiger partial charge >= 0.3 is 0 Å². The minimum absolute atomic E-state index is 0.0478. The molecule has 5 nitrogen and oxygen atoms in total. The molecule has 1 aliphatic heterocycles. The number of nitrogens with zero attached hydrogens (tertiary/aromatic N) is 1. The van der Waals surface area contributed by atoms with Crippen LogP contribution in [-0.4, -0.2) is 42.1 Å². The molecule has 0 aliphatic carbocycles. The summed E-state index contributed by atoms with van der Waals surface area (Å²) in [5.41, 5.74) is -1.07. The Morgan fingerprint density at radius 2 is 1.50 bits per heavy atom. The quantitative estimate of drug-likeness (QED) is 0.906. The highest BCUT2D eigenvalue weighted by Crippen LogP contribution is 2.31. The maximum absolute atomic E-state index is 12.7. The van der Waals surface area contributed by atoms with Gasteiger partial charge in [0.05, 0.1) is 16.1 Å². The third-order valence-electron chi connectivity index (χ3n) is 3.14. The molecule has 1 aromatic rings. The van der Waals surface area contributed by atoms with E-state index in [1.54, 1.807) is 0 Å². The molecule has 0 amide bonds. The Morgan fingerprint density at radius 3 is 1.95 bits per heavy atom. The van der Waals surface area contributed by atoms with Crippen LogP contribution in [0.4, 0.5) is 0 Å². The van der Waals surface area contributed by atoms with E-state index in [4.69, 9.17) is 4.74 Å². The number of hydrogen-bond donors (Lipinski definition) is 1. The van der Waals surface area contributed by atoms with Crippen LogP contribution in [0.25, 0.3) is 0 Å². The third-order valence-corrected chi connectivity index (χ3v) is 4.95. The summed E-state index contributed by atoms with van der Waals surface area (Å²) in [4.78, 5) is 0.184. The first kappa shape index (κ1) is 15.3. The fourth-order valence-electron chi connectivity index (χ4n) is 2.65. The van der Waals surface area contributed by atoms with E-state index in [0.29, 0.717) is 13.1 Å². The average molecular weight is 299 g/mol. The van der Waals surface area contributed by atoms with Crippen molar-refractivity contribution in [3.8, 4) is 5.75 Å². The molecule has 0 bridgehead atoms. The van der Waals surface area contributed by atoms with Crippen molar-refractivity contribution in [3.63, 3.8) is 0 Å². The van der Waals surface area contributed by atoms with Gasteiger partial charge < -0.3 is 9.84 Å². The first-order valence-electron chi connectivity index (χ1n) is 6.51. The molecular weight excluding hydrogens is 278 g/mol. The molecule has 0 atom stereocenters. The van der Waals surface area contributed by atoms with Crippen LogP contribution < -0.4 is 0 Å². The van der Waals surface area contributed by atoms with Crippen molar-refractivity contribution in [3.05, 3.63) is 24.3 Å². The molecule has 0 spiro atoms. The molecule has 1 N–H and O–H groups in total. The highest BCUT2D eigenvalue weighted by Gasteiger charge is 2.43. The van der Waals surface area contributed by atoms with Crippen molar-refractivity contribution >= 4 is 10.0 Å². The standard InChI is InChI=1S/C14H21NO4S/c1-13(2)9-15(10-14(3,4)19-13)20(17,18)12-7-5-11(16)6-8-12/h5-8,16H,9-10H2,1-4H3. The maximum Gasteiger partial charge on any atom is 0.243 e. The van der Waals surface area contributed by atoms with E-state index < -0.39 is 21.2 Å². The molecule has 0 aromatic heterocycles. The molecule has 6 heteroatoms. The number of phenols is 1. The number of benzene rings is 1. The molecule has 0 saturated carbocycles. The fraction of sp³-hybridized carbons (Fsp3) is 0.571. The normalized spacial score (nSPS) is 22.6. The van der Waals surface area contributed by atoms with Crippen LogP contribution in [0.15, 0.2) is 29.2 Å². The lowest BCUT2D eigenvalue weighted by atomic mass is 10.0. The van der Waals surface area contributed by atoms with Gasteiger partial charge in [-0.05, 0) is 52.0 Å². The lowest BCUT2D eigenvalue weighted by Gasteiger charge is -2.46. The molecule has 20 heavy (non-hydrogen) atoms. The summed E-state index contributed by atoms with van der Waals surface area (Å²) in [6.45, 7) is 8.14. The van der Waals surface area contributed by atoms with Gasteiger partial charge in [0.25, 0.3) is 0 Å². The highest BCUT2D eigenvalue weighted by atomic mass is 32.2.